The standard InChI is InChI=1S/C16H21N5O2S3/c1-3-4-9-24-15-20-21-16(26-15)25-10-14(23)17-12-5-7-13(8-6-12)19-18-11(2)22/h5-8,19H,3-4,9-10H2,1-2H3,(H,17,23)(H,18,22). The first-order valence-electron chi connectivity index (χ1n) is 8.08. The van der Waals surface area contributed by atoms with E-state index in [1.165, 1.54) is 30.0 Å². The predicted octanol–water partition coefficient (Wildman–Crippen LogP) is 3.62. The lowest BCUT2D eigenvalue weighted by molar-refractivity contribution is -0.118. The van der Waals surface area contributed by atoms with Crippen molar-refractivity contribution in [3.63, 3.8) is 0 Å². The van der Waals surface area contributed by atoms with Crippen LogP contribution in [0, 0.1) is 0 Å². The van der Waals surface area contributed by atoms with E-state index in [4.69, 9.17) is 0 Å². The molecule has 0 atom stereocenters. The maximum Gasteiger partial charge on any atom is 0.235 e. The van der Waals surface area contributed by atoms with Gasteiger partial charge in [0.05, 0.1) is 11.4 Å². The maximum atomic E-state index is 12.1. The van der Waals surface area contributed by atoms with Gasteiger partial charge in [-0.2, -0.15) is 0 Å². The van der Waals surface area contributed by atoms with E-state index in [2.05, 4.69) is 33.3 Å². The number of aromatic nitrogens is 2. The molecule has 1 aromatic heterocycles. The van der Waals surface area contributed by atoms with Crippen molar-refractivity contribution in [2.24, 2.45) is 0 Å². The summed E-state index contributed by atoms with van der Waals surface area (Å²) in [5.74, 6) is 1.04. The average molecular weight is 412 g/mol. The number of hydrogen-bond donors (Lipinski definition) is 3. The van der Waals surface area contributed by atoms with Crippen LogP contribution in [0.4, 0.5) is 11.4 Å². The second kappa shape index (κ2) is 11.0. The van der Waals surface area contributed by atoms with Crippen molar-refractivity contribution >= 4 is 58.0 Å². The largest absolute Gasteiger partial charge is 0.325 e. The number of hydrazine groups is 1. The molecule has 140 valence electrons. The Morgan fingerprint density at radius 2 is 1.73 bits per heavy atom. The fourth-order valence-corrected chi connectivity index (χ4v) is 4.71. The molecule has 0 unspecified atom stereocenters. The van der Waals surface area contributed by atoms with Crippen molar-refractivity contribution in [2.45, 2.75) is 35.4 Å². The summed E-state index contributed by atoms with van der Waals surface area (Å²) < 4.78 is 1.75. The van der Waals surface area contributed by atoms with Gasteiger partial charge in [0, 0.05) is 18.4 Å². The topological polar surface area (TPSA) is 96.0 Å². The number of rotatable bonds is 10. The Morgan fingerprint density at radius 1 is 1.08 bits per heavy atom. The van der Waals surface area contributed by atoms with E-state index in [0.717, 1.165) is 33.0 Å². The minimum absolute atomic E-state index is 0.104. The third-order valence-electron chi connectivity index (χ3n) is 2.99. The highest BCUT2D eigenvalue weighted by molar-refractivity contribution is 8.03. The lowest BCUT2D eigenvalue weighted by Crippen LogP contribution is -2.26. The van der Waals surface area contributed by atoms with Crippen LogP contribution in [0.1, 0.15) is 26.7 Å². The molecule has 0 aliphatic rings. The lowest BCUT2D eigenvalue weighted by atomic mass is 10.3. The van der Waals surface area contributed by atoms with Gasteiger partial charge in [0.1, 0.15) is 0 Å². The number of hydrogen-bond acceptors (Lipinski definition) is 8. The summed E-state index contributed by atoms with van der Waals surface area (Å²) in [6.45, 7) is 3.58. The second-order valence-electron chi connectivity index (χ2n) is 5.26. The SMILES string of the molecule is CCCCSc1nnc(SCC(=O)Nc2ccc(NNC(C)=O)cc2)s1. The Morgan fingerprint density at radius 3 is 2.38 bits per heavy atom. The van der Waals surface area contributed by atoms with E-state index in [9.17, 15) is 9.59 Å². The summed E-state index contributed by atoms with van der Waals surface area (Å²) in [5.41, 5.74) is 6.67. The second-order valence-corrected chi connectivity index (χ2v) is 8.80. The van der Waals surface area contributed by atoms with Crippen molar-refractivity contribution in [3.05, 3.63) is 24.3 Å². The Labute approximate surface area is 165 Å². The van der Waals surface area contributed by atoms with Crippen LogP contribution >= 0.6 is 34.9 Å². The van der Waals surface area contributed by atoms with Crippen LogP contribution in [0.25, 0.3) is 0 Å². The molecule has 0 radical (unpaired) electrons. The summed E-state index contributed by atoms with van der Waals surface area (Å²) in [4.78, 5) is 22.9. The zero-order valence-corrected chi connectivity index (χ0v) is 17.0. The highest BCUT2D eigenvalue weighted by Gasteiger charge is 2.09. The summed E-state index contributed by atoms with van der Waals surface area (Å²) in [6.07, 6.45) is 2.33. The van der Waals surface area contributed by atoms with Crippen LogP contribution in [0.5, 0.6) is 0 Å². The number of anilines is 2. The molecular formula is C16H21N5O2S3. The third-order valence-corrected chi connectivity index (χ3v) is 6.27. The molecule has 1 aromatic carbocycles. The van der Waals surface area contributed by atoms with Crippen LogP contribution in [0.2, 0.25) is 0 Å². The number of nitrogens with one attached hydrogen (secondary N) is 3. The Balaban J connectivity index is 1.73. The molecule has 3 N–H and O–H groups in total. The molecule has 0 aliphatic heterocycles. The van der Waals surface area contributed by atoms with E-state index in [0.29, 0.717) is 5.69 Å². The van der Waals surface area contributed by atoms with Gasteiger partial charge in [-0.05, 0) is 30.7 Å². The van der Waals surface area contributed by atoms with Gasteiger partial charge in [-0.25, -0.2) is 0 Å². The number of nitrogens with zero attached hydrogens (tertiary/aromatic N) is 2. The molecule has 2 rings (SSSR count). The fourth-order valence-electron chi connectivity index (χ4n) is 1.74. The highest BCUT2D eigenvalue weighted by Crippen LogP contribution is 2.29. The van der Waals surface area contributed by atoms with Crippen LogP contribution in [-0.4, -0.2) is 33.5 Å². The van der Waals surface area contributed by atoms with Crippen molar-refractivity contribution in [1.29, 1.82) is 0 Å². The molecule has 2 aromatic rings. The van der Waals surface area contributed by atoms with Crippen molar-refractivity contribution in [1.82, 2.24) is 15.6 Å². The predicted molar refractivity (Wildman–Crippen MR) is 109 cm³/mol. The van der Waals surface area contributed by atoms with Crippen LogP contribution < -0.4 is 16.2 Å². The molecule has 26 heavy (non-hydrogen) atoms. The van der Waals surface area contributed by atoms with Gasteiger partial charge in [0.2, 0.25) is 11.8 Å². The molecular weight excluding hydrogens is 390 g/mol. The van der Waals surface area contributed by atoms with Gasteiger partial charge in [0.15, 0.2) is 8.68 Å². The van der Waals surface area contributed by atoms with E-state index < -0.39 is 0 Å². The molecule has 2 amide bonds. The quantitative estimate of drug-likeness (QED) is 0.312. The highest BCUT2D eigenvalue weighted by atomic mass is 32.2. The fraction of sp³-hybridized carbons (Fsp3) is 0.375. The summed E-state index contributed by atoms with van der Waals surface area (Å²) >= 11 is 4.61. The van der Waals surface area contributed by atoms with Crippen LogP contribution in [0.3, 0.4) is 0 Å². The lowest BCUT2D eigenvalue weighted by Gasteiger charge is -2.08. The smallest absolute Gasteiger partial charge is 0.235 e. The molecule has 1 heterocycles. The van der Waals surface area contributed by atoms with Gasteiger partial charge in [-0.3, -0.25) is 20.4 Å². The molecule has 10 heteroatoms. The van der Waals surface area contributed by atoms with Crippen molar-refractivity contribution in [2.75, 3.05) is 22.2 Å². The van der Waals surface area contributed by atoms with Crippen LogP contribution in [0.15, 0.2) is 32.9 Å². The zero-order chi connectivity index (χ0) is 18.8. The van der Waals surface area contributed by atoms with E-state index in [1.807, 2.05) is 0 Å². The summed E-state index contributed by atoms with van der Waals surface area (Å²) in [7, 11) is 0. The Kier molecular flexibility index (Phi) is 8.72. The maximum absolute atomic E-state index is 12.1. The third kappa shape index (κ3) is 7.63. The first-order valence-corrected chi connectivity index (χ1v) is 10.9. The monoisotopic (exact) mass is 411 g/mol. The first kappa shape index (κ1) is 20.5. The molecule has 0 aliphatic carbocycles. The molecule has 0 saturated heterocycles. The number of benzene rings is 1. The van der Waals surface area contributed by atoms with Gasteiger partial charge in [-0.15, -0.1) is 10.2 Å². The molecule has 7 nitrogen and oxygen atoms in total. The van der Waals surface area contributed by atoms with E-state index >= 15 is 0 Å². The molecule has 0 fully saturated rings. The molecule has 0 spiro atoms. The number of carbonyl (C=O) groups excluding carboxylic acids is 2. The molecule has 0 bridgehead atoms. The summed E-state index contributed by atoms with van der Waals surface area (Å²) in [5, 5.41) is 11.1. The average Bonchev–Trinajstić information content (AvgIpc) is 3.07. The van der Waals surface area contributed by atoms with Crippen molar-refractivity contribution < 1.29 is 9.59 Å². The Hall–Kier alpha value is -1.78. The number of amides is 2. The van der Waals surface area contributed by atoms with Gasteiger partial charge >= 0.3 is 0 Å². The molecule has 0 saturated carbocycles. The minimum Gasteiger partial charge on any atom is -0.325 e. The van der Waals surface area contributed by atoms with Crippen LogP contribution in [-0.2, 0) is 9.59 Å². The number of thioether (sulfide) groups is 2. The van der Waals surface area contributed by atoms with Crippen molar-refractivity contribution in [3.8, 4) is 0 Å². The summed E-state index contributed by atoms with van der Waals surface area (Å²) in [6, 6.07) is 7.06. The van der Waals surface area contributed by atoms with E-state index in [-0.39, 0.29) is 17.6 Å². The zero-order valence-electron chi connectivity index (χ0n) is 14.6. The van der Waals surface area contributed by atoms with Gasteiger partial charge in [0.25, 0.3) is 0 Å². The number of unbranched alkanes of at least 4 members (excludes halogenated alkanes) is 1. The number of carbonyl (C=O) groups is 2. The minimum atomic E-state index is -0.178. The van der Waals surface area contributed by atoms with Gasteiger partial charge < -0.3 is 5.32 Å². The normalized spacial score (nSPS) is 10.4. The Bertz CT molecular complexity index is 721. The first-order chi connectivity index (χ1) is 12.6. The van der Waals surface area contributed by atoms with E-state index in [1.54, 1.807) is 36.0 Å². The van der Waals surface area contributed by atoms with Gasteiger partial charge in [-0.1, -0.05) is 48.2 Å².